The van der Waals surface area contributed by atoms with Crippen LogP contribution in [0.2, 0.25) is 0 Å². The lowest BCUT2D eigenvalue weighted by atomic mass is 9.69. The summed E-state index contributed by atoms with van der Waals surface area (Å²) in [4.78, 5) is 2.33. The molecule has 0 bridgehead atoms. The van der Waals surface area contributed by atoms with Gasteiger partial charge in [0, 0.05) is 12.0 Å². The molecule has 1 fully saturated rings. The minimum atomic E-state index is -0.686. The third kappa shape index (κ3) is 4.28. The van der Waals surface area contributed by atoms with Crippen molar-refractivity contribution in [2.24, 2.45) is 0 Å². The Kier molecular flexibility index (Phi) is 5.26. The Morgan fingerprint density at radius 2 is 1.40 bits per heavy atom. The van der Waals surface area contributed by atoms with Gasteiger partial charge in [0.1, 0.15) is 5.82 Å². The molecule has 2 aromatic carbocycles. The van der Waals surface area contributed by atoms with Crippen molar-refractivity contribution in [1.29, 1.82) is 0 Å². The molecule has 0 amide bonds. The fourth-order valence-corrected chi connectivity index (χ4v) is 4.10. The van der Waals surface area contributed by atoms with Crippen LogP contribution in [-0.2, 0) is 12.8 Å². The number of nitrogens with zero attached hydrogens (tertiary/aromatic N) is 1. The summed E-state index contributed by atoms with van der Waals surface area (Å²) in [6, 6.07) is 17.1. The molecule has 1 saturated carbocycles. The maximum absolute atomic E-state index is 13.1. The zero-order valence-electron chi connectivity index (χ0n) is 15.2. The Balaban J connectivity index is 1.69. The number of halogens is 1. The number of rotatable bonds is 5. The Morgan fingerprint density at radius 1 is 0.840 bits per heavy atom. The SMILES string of the molecule is CN(C)C1(Cc2ccccc2)CCC(O)(Cc2ccc(F)cc2)CC1. The molecule has 134 valence electrons. The molecule has 0 aromatic heterocycles. The van der Waals surface area contributed by atoms with E-state index >= 15 is 0 Å². The minimum absolute atomic E-state index is 0.0936. The largest absolute Gasteiger partial charge is 0.390 e. The zero-order chi connectivity index (χ0) is 17.9. The van der Waals surface area contributed by atoms with Gasteiger partial charge in [-0.3, -0.25) is 0 Å². The van der Waals surface area contributed by atoms with Gasteiger partial charge < -0.3 is 10.0 Å². The third-order valence-corrected chi connectivity index (χ3v) is 5.88. The Hall–Kier alpha value is -1.71. The molecule has 0 spiro atoms. The lowest BCUT2D eigenvalue weighted by Crippen LogP contribution is -2.53. The summed E-state index contributed by atoms with van der Waals surface area (Å²) in [5.41, 5.74) is 1.76. The Labute approximate surface area is 150 Å². The van der Waals surface area contributed by atoms with Crippen molar-refractivity contribution in [2.75, 3.05) is 14.1 Å². The average Bonchev–Trinajstić information content (AvgIpc) is 2.60. The van der Waals surface area contributed by atoms with Crippen molar-refractivity contribution in [1.82, 2.24) is 4.90 Å². The van der Waals surface area contributed by atoms with Crippen molar-refractivity contribution in [3.05, 3.63) is 71.5 Å². The van der Waals surface area contributed by atoms with Gasteiger partial charge in [-0.25, -0.2) is 4.39 Å². The van der Waals surface area contributed by atoms with E-state index in [2.05, 4.69) is 43.3 Å². The predicted molar refractivity (Wildman–Crippen MR) is 100 cm³/mol. The van der Waals surface area contributed by atoms with E-state index in [1.807, 2.05) is 6.07 Å². The first-order chi connectivity index (χ1) is 11.9. The van der Waals surface area contributed by atoms with Gasteiger partial charge in [-0.2, -0.15) is 0 Å². The van der Waals surface area contributed by atoms with E-state index in [4.69, 9.17) is 0 Å². The van der Waals surface area contributed by atoms with Crippen molar-refractivity contribution in [2.45, 2.75) is 49.7 Å². The molecule has 0 unspecified atom stereocenters. The third-order valence-electron chi connectivity index (χ3n) is 5.88. The first kappa shape index (κ1) is 18.1. The standard InChI is InChI=1S/C22H28FNO/c1-24(2)21(16-18-6-4-3-5-7-18)12-14-22(25,15-13-21)17-19-8-10-20(23)11-9-19/h3-11,25H,12-17H2,1-2H3. The summed E-state index contributed by atoms with van der Waals surface area (Å²) in [6.45, 7) is 0. The van der Waals surface area contributed by atoms with Crippen molar-refractivity contribution in [3.8, 4) is 0 Å². The van der Waals surface area contributed by atoms with E-state index in [-0.39, 0.29) is 11.4 Å². The first-order valence-electron chi connectivity index (χ1n) is 9.09. The molecule has 2 nitrogen and oxygen atoms in total. The molecule has 0 saturated heterocycles. The fraction of sp³-hybridized carbons (Fsp3) is 0.455. The van der Waals surface area contributed by atoms with Crippen molar-refractivity contribution < 1.29 is 9.50 Å². The minimum Gasteiger partial charge on any atom is -0.390 e. The number of hydrogen-bond donors (Lipinski definition) is 1. The van der Waals surface area contributed by atoms with Crippen LogP contribution in [0.4, 0.5) is 4.39 Å². The number of hydrogen-bond acceptors (Lipinski definition) is 2. The van der Waals surface area contributed by atoms with Gasteiger partial charge in [0.05, 0.1) is 5.60 Å². The van der Waals surface area contributed by atoms with Gasteiger partial charge in [0.2, 0.25) is 0 Å². The molecule has 3 heteroatoms. The van der Waals surface area contributed by atoms with Crippen LogP contribution in [0.5, 0.6) is 0 Å². The second-order valence-corrected chi connectivity index (χ2v) is 7.81. The van der Waals surface area contributed by atoms with Crippen LogP contribution in [0.3, 0.4) is 0 Å². The van der Waals surface area contributed by atoms with Crippen molar-refractivity contribution >= 4 is 0 Å². The number of aliphatic hydroxyl groups is 1. The highest BCUT2D eigenvalue weighted by Gasteiger charge is 2.43. The van der Waals surface area contributed by atoms with Crippen LogP contribution in [0, 0.1) is 5.82 Å². The maximum Gasteiger partial charge on any atom is 0.123 e. The summed E-state index contributed by atoms with van der Waals surface area (Å²) in [5, 5.41) is 11.1. The van der Waals surface area contributed by atoms with Gasteiger partial charge >= 0.3 is 0 Å². The van der Waals surface area contributed by atoms with E-state index in [1.54, 1.807) is 12.1 Å². The number of benzene rings is 2. The number of likely N-dealkylation sites (N-methyl/N-ethyl adjacent to an activating group) is 1. The second kappa shape index (κ2) is 7.27. The molecule has 0 atom stereocenters. The molecule has 1 N–H and O–H groups in total. The Morgan fingerprint density at radius 3 is 1.96 bits per heavy atom. The highest BCUT2D eigenvalue weighted by Crippen LogP contribution is 2.41. The monoisotopic (exact) mass is 341 g/mol. The summed E-state index contributed by atoms with van der Waals surface area (Å²) >= 11 is 0. The molecule has 2 aromatic rings. The van der Waals surface area contributed by atoms with Crippen LogP contribution in [0.15, 0.2) is 54.6 Å². The van der Waals surface area contributed by atoms with Gasteiger partial charge in [-0.1, -0.05) is 42.5 Å². The molecule has 0 radical (unpaired) electrons. The summed E-state index contributed by atoms with van der Waals surface area (Å²) in [6.07, 6.45) is 5.08. The zero-order valence-corrected chi connectivity index (χ0v) is 15.2. The van der Waals surface area contributed by atoms with Crippen LogP contribution in [0.25, 0.3) is 0 Å². The molecular weight excluding hydrogens is 313 g/mol. The molecule has 0 aliphatic heterocycles. The first-order valence-corrected chi connectivity index (χ1v) is 9.09. The Bertz CT molecular complexity index is 673. The molecule has 1 aliphatic carbocycles. The molecule has 25 heavy (non-hydrogen) atoms. The van der Waals surface area contributed by atoms with E-state index in [0.29, 0.717) is 6.42 Å². The summed E-state index contributed by atoms with van der Waals surface area (Å²) in [7, 11) is 4.29. The average molecular weight is 341 g/mol. The lowest BCUT2D eigenvalue weighted by molar-refractivity contribution is -0.0436. The van der Waals surface area contributed by atoms with E-state index in [0.717, 1.165) is 37.7 Å². The molecule has 3 rings (SSSR count). The van der Waals surface area contributed by atoms with Gasteiger partial charge in [-0.05, 0) is 69.5 Å². The van der Waals surface area contributed by atoms with Crippen LogP contribution in [0.1, 0.15) is 36.8 Å². The predicted octanol–water partition coefficient (Wildman–Crippen LogP) is 4.22. The van der Waals surface area contributed by atoms with Gasteiger partial charge in [-0.15, -0.1) is 0 Å². The van der Waals surface area contributed by atoms with E-state index < -0.39 is 5.60 Å². The van der Waals surface area contributed by atoms with Gasteiger partial charge in [0.15, 0.2) is 0 Å². The second-order valence-electron chi connectivity index (χ2n) is 7.81. The lowest BCUT2D eigenvalue weighted by Gasteiger charge is -2.48. The van der Waals surface area contributed by atoms with E-state index in [1.165, 1.54) is 17.7 Å². The normalized spacial score (nSPS) is 26.8. The topological polar surface area (TPSA) is 23.5 Å². The van der Waals surface area contributed by atoms with E-state index in [9.17, 15) is 9.50 Å². The summed E-state index contributed by atoms with van der Waals surface area (Å²) < 4.78 is 13.1. The molecule has 1 aliphatic rings. The molecular formula is C22H28FNO. The van der Waals surface area contributed by atoms with Gasteiger partial charge in [0.25, 0.3) is 0 Å². The highest BCUT2D eigenvalue weighted by atomic mass is 19.1. The van der Waals surface area contributed by atoms with Crippen LogP contribution >= 0.6 is 0 Å². The summed E-state index contributed by atoms with van der Waals surface area (Å²) in [5.74, 6) is -0.228. The molecule has 0 heterocycles. The van der Waals surface area contributed by atoms with Crippen molar-refractivity contribution in [3.63, 3.8) is 0 Å². The highest BCUT2D eigenvalue weighted by molar-refractivity contribution is 5.21. The smallest absolute Gasteiger partial charge is 0.123 e. The fourth-order valence-electron chi connectivity index (χ4n) is 4.10. The van der Waals surface area contributed by atoms with Crippen LogP contribution < -0.4 is 0 Å². The maximum atomic E-state index is 13.1. The quantitative estimate of drug-likeness (QED) is 0.880. The van der Waals surface area contributed by atoms with Crippen LogP contribution in [-0.4, -0.2) is 35.2 Å².